The number of aromatic amines is 2. The lowest BCUT2D eigenvalue weighted by Gasteiger charge is -2.15. The maximum atomic E-state index is 12.0. The van der Waals surface area contributed by atoms with Crippen LogP contribution in [0.3, 0.4) is 0 Å². The van der Waals surface area contributed by atoms with Crippen LogP contribution in [0.15, 0.2) is 51.9 Å². The standard InChI is InChI=1S/C22H20BrN3O5/c1-28-18-6-12(14-8-21(27)25-22-15(14)10-24-26-22)4-5-17(18)31-11-13-7-19(29-2)20(30-3)9-16(13)23/h4-10H,11H2,1-3H3,(H2,24,25,26,27). The number of H-pyrrole nitrogens is 2. The van der Waals surface area contributed by atoms with Crippen molar-refractivity contribution in [2.24, 2.45) is 0 Å². The van der Waals surface area contributed by atoms with Crippen LogP contribution < -0.4 is 24.5 Å². The molecule has 0 fully saturated rings. The summed E-state index contributed by atoms with van der Waals surface area (Å²) in [5.41, 5.74) is 2.72. The summed E-state index contributed by atoms with van der Waals surface area (Å²) in [6.07, 6.45) is 1.74. The van der Waals surface area contributed by atoms with Crippen LogP contribution in [0.25, 0.3) is 22.2 Å². The molecule has 4 aromatic rings. The van der Waals surface area contributed by atoms with Crippen molar-refractivity contribution in [2.75, 3.05) is 21.3 Å². The number of benzene rings is 2. The van der Waals surface area contributed by atoms with Gasteiger partial charge in [0.25, 0.3) is 0 Å². The van der Waals surface area contributed by atoms with E-state index in [0.717, 1.165) is 26.5 Å². The van der Waals surface area contributed by atoms with Crippen LogP contribution in [0.5, 0.6) is 23.0 Å². The molecule has 4 rings (SSSR count). The first-order valence-electron chi connectivity index (χ1n) is 9.32. The Morgan fingerprint density at radius 2 is 1.65 bits per heavy atom. The molecule has 0 saturated heterocycles. The second kappa shape index (κ2) is 8.73. The Bertz CT molecular complexity index is 1300. The summed E-state index contributed by atoms with van der Waals surface area (Å²) in [5, 5.41) is 7.65. The molecule has 0 aliphatic rings. The molecule has 0 radical (unpaired) electrons. The third kappa shape index (κ3) is 4.09. The molecule has 0 bridgehead atoms. The predicted molar refractivity (Wildman–Crippen MR) is 120 cm³/mol. The number of hydrogen-bond acceptors (Lipinski definition) is 6. The highest BCUT2D eigenvalue weighted by molar-refractivity contribution is 9.10. The molecule has 0 unspecified atom stereocenters. The lowest BCUT2D eigenvalue weighted by Crippen LogP contribution is -2.04. The SMILES string of the molecule is COc1cc(Br)c(COc2ccc(-c3cc(=O)[nH]c4n[nH]cc34)cc2OC)cc1OC. The molecule has 2 heterocycles. The number of aromatic nitrogens is 3. The van der Waals surface area contributed by atoms with Gasteiger partial charge in [-0.2, -0.15) is 5.10 Å². The summed E-state index contributed by atoms with van der Waals surface area (Å²) < 4.78 is 23.1. The summed E-state index contributed by atoms with van der Waals surface area (Å²) in [7, 11) is 4.75. The highest BCUT2D eigenvalue weighted by atomic mass is 79.9. The first-order chi connectivity index (χ1) is 15.0. The fourth-order valence-corrected chi connectivity index (χ4v) is 3.74. The van der Waals surface area contributed by atoms with E-state index in [-0.39, 0.29) is 12.2 Å². The minimum Gasteiger partial charge on any atom is -0.493 e. The molecular weight excluding hydrogens is 466 g/mol. The van der Waals surface area contributed by atoms with Crippen LogP contribution in [-0.4, -0.2) is 36.5 Å². The Morgan fingerprint density at radius 1 is 0.935 bits per heavy atom. The molecular formula is C22H20BrN3O5. The molecule has 160 valence electrons. The second-order valence-electron chi connectivity index (χ2n) is 6.65. The zero-order chi connectivity index (χ0) is 22.0. The molecule has 0 aliphatic carbocycles. The van der Waals surface area contributed by atoms with Gasteiger partial charge in [-0.05, 0) is 35.4 Å². The van der Waals surface area contributed by atoms with Gasteiger partial charge in [-0.3, -0.25) is 9.89 Å². The van der Waals surface area contributed by atoms with E-state index >= 15 is 0 Å². The number of pyridine rings is 1. The number of nitrogens with zero attached hydrogens (tertiary/aromatic N) is 1. The predicted octanol–water partition coefficient (Wildman–Crippen LogP) is 4.29. The van der Waals surface area contributed by atoms with Crippen LogP contribution in [0.2, 0.25) is 0 Å². The monoisotopic (exact) mass is 485 g/mol. The lowest BCUT2D eigenvalue weighted by molar-refractivity contribution is 0.282. The number of hydrogen-bond donors (Lipinski definition) is 2. The first kappa shape index (κ1) is 20.8. The minimum atomic E-state index is -0.229. The lowest BCUT2D eigenvalue weighted by atomic mass is 10.0. The summed E-state index contributed by atoms with van der Waals surface area (Å²) in [6.45, 7) is 0.285. The number of nitrogens with one attached hydrogen (secondary N) is 2. The van der Waals surface area contributed by atoms with Crippen molar-refractivity contribution in [3.05, 3.63) is 63.0 Å². The molecule has 0 saturated carbocycles. The Hall–Kier alpha value is -3.46. The first-order valence-corrected chi connectivity index (χ1v) is 10.1. The van der Waals surface area contributed by atoms with E-state index in [0.29, 0.717) is 28.6 Å². The normalized spacial score (nSPS) is 10.8. The third-order valence-corrected chi connectivity index (χ3v) is 5.60. The van der Waals surface area contributed by atoms with Crippen molar-refractivity contribution in [2.45, 2.75) is 6.61 Å². The zero-order valence-corrected chi connectivity index (χ0v) is 18.7. The molecule has 0 spiro atoms. The molecule has 31 heavy (non-hydrogen) atoms. The topological polar surface area (TPSA) is 98.5 Å². The van der Waals surface area contributed by atoms with Crippen molar-refractivity contribution >= 4 is 27.0 Å². The Balaban J connectivity index is 1.64. The number of fused-ring (bicyclic) bond motifs is 1. The minimum absolute atomic E-state index is 0.229. The van der Waals surface area contributed by atoms with E-state index < -0.39 is 0 Å². The van der Waals surface area contributed by atoms with E-state index in [1.165, 1.54) is 6.07 Å². The van der Waals surface area contributed by atoms with Gasteiger partial charge in [0.15, 0.2) is 28.6 Å². The van der Waals surface area contributed by atoms with E-state index in [2.05, 4.69) is 31.1 Å². The van der Waals surface area contributed by atoms with Gasteiger partial charge in [-0.15, -0.1) is 0 Å². The highest BCUT2D eigenvalue weighted by Crippen LogP contribution is 2.37. The van der Waals surface area contributed by atoms with Crippen LogP contribution in [-0.2, 0) is 6.61 Å². The quantitative estimate of drug-likeness (QED) is 0.405. The molecule has 0 amide bonds. The smallest absolute Gasteiger partial charge is 0.250 e. The van der Waals surface area contributed by atoms with Crippen LogP contribution in [0, 0.1) is 0 Å². The summed E-state index contributed by atoms with van der Waals surface area (Å²) in [4.78, 5) is 14.7. The van der Waals surface area contributed by atoms with Gasteiger partial charge in [0.05, 0.1) is 21.3 Å². The van der Waals surface area contributed by atoms with Crippen LogP contribution >= 0.6 is 15.9 Å². The Morgan fingerprint density at radius 3 is 2.39 bits per heavy atom. The van der Waals surface area contributed by atoms with E-state index in [9.17, 15) is 4.79 Å². The van der Waals surface area contributed by atoms with Crippen molar-refractivity contribution < 1.29 is 18.9 Å². The average molecular weight is 486 g/mol. The van der Waals surface area contributed by atoms with Gasteiger partial charge in [-0.1, -0.05) is 22.0 Å². The number of rotatable bonds is 7. The fourth-order valence-electron chi connectivity index (χ4n) is 3.31. The van der Waals surface area contributed by atoms with Crippen LogP contribution in [0.1, 0.15) is 5.56 Å². The van der Waals surface area contributed by atoms with E-state index in [4.69, 9.17) is 18.9 Å². The molecule has 0 atom stereocenters. The van der Waals surface area contributed by atoms with Gasteiger partial charge in [0.2, 0.25) is 5.56 Å². The summed E-state index contributed by atoms with van der Waals surface area (Å²) >= 11 is 3.54. The number of methoxy groups -OCH3 is 3. The maximum absolute atomic E-state index is 12.0. The summed E-state index contributed by atoms with van der Waals surface area (Å²) in [6, 6.07) is 10.8. The third-order valence-electron chi connectivity index (χ3n) is 4.86. The molecule has 8 nitrogen and oxygen atoms in total. The van der Waals surface area contributed by atoms with Gasteiger partial charge in [0.1, 0.15) is 6.61 Å². The average Bonchev–Trinajstić information content (AvgIpc) is 3.25. The second-order valence-corrected chi connectivity index (χ2v) is 7.50. The number of halogens is 1. The molecule has 2 N–H and O–H groups in total. The van der Waals surface area contributed by atoms with E-state index in [1.54, 1.807) is 27.5 Å². The maximum Gasteiger partial charge on any atom is 0.250 e. The molecule has 2 aromatic heterocycles. The van der Waals surface area contributed by atoms with Gasteiger partial charge in [0, 0.05) is 27.7 Å². The largest absolute Gasteiger partial charge is 0.493 e. The van der Waals surface area contributed by atoms with E-state index in [1.807, 2.05) is 30.3 Å². The summed E-state index contributed by atoms with van der Waals surface area (Å²) in [5.74, 6) is 2.36. The van der Waals surface area contributed by atoms with Crippen molar-refractivity contribution in [1.29, 1.82) is 0 Å². The molecule has 0 aliphatic heterocycles. The van der Waals surface area contributed by atoms with Gasteiger partial charge < -0.3 is 23.9 Å². The fraction of sp³-hybridized carbons (Fsp3) is 0.182. The van der Waals surface area contributed by atoms with Gasteiger partial charge in [-0.25, -0.2) is 0 Å². The van der Waals surface area contributed by atoms with Crippen molar-refractivity contribution in [3.63, 3.8) is 0 Å². The van der Waals surface area contributed by atoms with Crippen molar-refractivity contribution in [1.82, 2.24) is 15.2 Å². The van der Waals surface area contributed by atoms with Crippen LogP contribution in [0.4, 0.5) is 0 Å². The highest BCUT2D eigenvalue weighted by Gasteiger charge is 2.14. The zero-order valence-electron chi connectivity index (χ0n) is 17.1. The number of ether oxygens (including phenoxy) is 4. The van der Waals surface area contributed by atoms with Crippen molar-refractivity contribution in [3.8, 4) is 34.1 Å². The molecule has 9 heteroatoms. The van der Waals surface area contributed by atoms with Gasteiger partial charge >= 0.3 is 0 Å². The Kier molecular flexibility index (Phi) is 5.85. The Labute approximate surface area is 186 Å². The molecule has 2 aromatic carbocycles.